The highest BCUT2D eigenvalue weighted by molar-refractivity contribution is 5.91. The molecule has 0 atom stereocenters. The molecule has 7 heteroatoms. The normalized spacial score (nSPS) is 15.0. The molecule has 0 N–H and O–H groups in total. The van der Waals surface area contributed by atoms with Gasteiger partial charge in [-0.15, -0.1) is 0 Å². The third kappa shape index (κ3) is 3.35. The first kappa shape index (κ1) is 17.1. The monoisotopic (exact) mass is 360 g/mol. The molecule has 136 valence electrons. The Balaban J connectivity index is 1.61. The van der Waals surface area contributed by atoms with E-state index in [1.807, 2.05) is 16.7 Å². The van der Waals surface area contributed by atoms with Gasteiger partial charge in [0.1, 0.15) is 6.33 Å². The van der Waals surface area contributed by atoms with E-state index in [1.54, 1.807) is 12.4 Å². The molecule has 2 heterocycles. The molecule has 1 aromatic heterocycles. The van der Waals surface area contributed by atoms with Gasteiger partial charge in [0.25, 0.3) is 0 Å². The number of carboxylic acid groups (broad SMARTS) is 1. The number of carbonyl (C=O) groups is 1. The Morgan fingerprint density at radius 1 is 1.11 bits per heavy atom. The number of imidazole rings is 1. The number of aromatic nitrogens is 2. The SMILES string of the molecule is N#CCN1CCN(c2cccc(-n3cnc4cc(C(=O)[O-])ccc43)c2)CC1. The summed E-state index contributed by atoms with van der Waals surface area (Å²) in [6, 6.07) is 15.2. The maximum Gasteiger partial charge on any atom is 0.100 e. The van der Waals surface area contributed by atoms with Crippen LogP contribution in [0.5, 0.6) is 0 Å². The van der Waals surface area contributed by atoms with Crippen molar-refractivity contribution < 1.29 is 9.90 Å². The van der Waals surface area contributed by atoms with Gasteiger partial charge in [-0.1, -0.05) is 12.1 Å². The predicted molar refractivity (Wildman–Crippen MR) is 99.7 cm³/mol. The Hall–Kier alpha value is -3.37. The van der Waals surface area contributed by atoms with Crippen LogP contribution >= 0.6 is 0 Å². The van der Waals surface area contributed by atoms with E-state index in [9.17, 15) is 9.90 Å². The Kier molecular flexibility index (Phi) is 4.48. The standard InChI is InChI=1S/C20H19N5O2/c21-6-7-23-8-10-24(11-9-23)16-2-1-3-17(13-16)25-14-22-18-12-15(20(26)27)4-5-19(18)25/h1-5,12-14H,7-11H2,(H,26,27)/p-1. The van der Waals surface area contributed by atoms with E-state index in [0.717, 1.165) is 43.1 Å². The van der Waals surface area contributed by atoms with Crippen LogP contribution in [0.25, 0.3) is 16.7 Å². The molecule has 2 aromatic carbocycles. The van der Waals surface area contributed by atoms with Crippen LogP contribution in [-0.4, -0.2) is 53.1 Å². The van der Waals surface area contributed by atoms with Crippen LogP contribution in [0, 0.1) is 11.3 Å². The molecule has 0 radical (unpaired) electrons. The topological polar surface area (TPSA) is 88.2 Å². The third-order valence-electron chi connectivity index (χ3n) is 4.92. The number of piperazine rings is 1. The number of aromatic carboxylic acids is 1. The van der Waals surface area contributed by atoms with E-state index in [4.69, 9.17) is 5.26 Å². The molecule has 1 aliphatic heterocycles. The van der Waals surface area contributed by atoms with Crippen LogP contribution in [0.3, 0.4) is 0 Å². The van der Waals surface area contributed by atoms with Gasteiger partial charge in [0.15, 0.2) is 0 Å². The van der Waals surface area contributed by atoms with Crippen molar-refractivity contribution in [1.82, 2.24) is 14.5 Å². The second-order valence-corrected chi connectivity index (χ2v) is 6.55. The number of carbonyl (C=O) groups excluding carboxylic acids is 1. The minimum absolute atomic E-state index is 0.122. The lowest BCUT2D eigenvalue weighted by Gasteiger charge is -2.35. The fourth-order valence-electron chi connectivity index (χ4n) is 3.45. The number of hydrogen-bond donors (Lipinski definition) is 0. The molecule has 0 bridgehead atoms. The Morgan fingerprint density at radius 3 is 2.63 bits per heavy atom. The van der Waals surface area contributed by atoms with E-state index in [2.05, 4.69) is 33.0 Å². The van der Waals surface area contributed by atoms with E-state index < -0.39 is 5.97 Å². The van der Waals surface area contributed by atoms with Crippen LogP contribution < -0.4 is 10.0 Å². The molecule has 1 fully saturated rings. The Bertz CT molecular complexity index is 1030. The number of nitriles is 1. The van der Waals surface area contributed by atoms with E-state index in [-0.39, 0.29) is 5.56 Å². The molecule has 0 amide bonds. The summed E-state index contributed by atoms with van der Waals surface area (Å²) in [5, 5.41) is 19.9. The van der Waals surface area contributed by atoms with Crippen molar-refractivity contribution in [2.75, 3.05) is 37.6 Å². The minimum Gasteiger partial charge on any atom is -0.545 e. The number of carboxylic acids is 1. The molecule has 0 saturated carbocycles. The molecular weight excluding hydrogens is 342 g/mol. The zero-order chi connectivity index (χ0) is 18.8. The predicted octanol–water partition coefficient (Wildman–Crippen LogP) is 1.03. The third-order valence-corrected chi connectivity index (χ3v) is 4.92. The second-order valence-electron chi connectivity index (χ2n) is 6.55. The summed E-state index contributed by atoms with van der Waals surface area (Å²) in [6.45, 7) is 3.98. The van der Waals surface area contributed by atoms with Gasteiger partial charge in [0, 0.05) is 37.6 Å². The van der Waals surface area contributed by atoms with Crippen molar-refractivity contribution in [2.24, 2.45) is 0 Å². The first-order chi connectivity index (χ1) is 13.2. The van der Waals surface area contributed by atoms with Crippen molar-refractivity contribution in [3.05, 3.63) is 54.4 Å². The highest BCUT2D eigenvalue weighted by Gasteiger charge is 2.17. The van der Waals surface area contributed by atoms with Crippen molar-refractivity contribution in [3.8, 4) is 11.8 Å². The number of anilines is 1. The van der Waals surface area contributed by atoms with Gasteiger partial charge in [-0.05, 0) is 35.9 Å². The van der Waals surface area contributed by atoms with Crippen molar-refractivity contribution in [3.63, 3.8) is 0 Å². The highest BCUT2D eigenvalue weighted by Crippen LogP contribution is 2.24. The van der Waals surface area contributed by atoms with Crippen LogP contribution in [0.1, 0.15) is 10.4 Å². The molecule has 1 saturated heterocycles. The highest BCUT2D eigenvalue weighted by atomic mass is 16.4. The summed E-state index contributed by atoms with van der Waals surface area (Å²) >= 11 is 0. The summed E-state index contributed by atoms with van der Waals surface area (Å²) in [4.78, 5) is 19.8. The summed E-state index contributed by atoms with van der Waals surface area (Å²) in [6.07, 6.45) is 1.70. The van der Waals surface area contributed by atoms with Crippen molar-refractivity contribution in [2.45, 2.75) is 0 Å². The Labute approximate surface area is 156 Å². The lowest BCUT2D eigenvalue weighted by Crippen LogP contribution is -2.46. The first-order valence-electron chi connectivity index (χ1n) is 8.79. The summed E-state index contributed by atoms with van der Waals surface area (Å²) < 4.78 is 1.95. The van der Waals surface area contributed by atoms with Gasteiger partial charge in [-0.2, -0.15) is 5.26 Å². The minimum atomic E-state index is -1.20. The summed E-state index contributed by atoms with van der Waals surface area (Å²) in [7, 11) is 0. The van der Waals surface area contributed by atoms with Crippen molar-refractivity contribution in [1.29, 1.82) is 5.26 Å². The number of fused-ring (bicyclic) bond motifs is 1. The molecule has 27 heavy (non-hydrogen) atoms. The fraction of sp³-hybridized carbons (Fsp3) is 0.250. The van der Waals surface area contributed by atoms with Gasteiger partial charge in [-0.25, -0.2) is 4.98 Å². The van der Waals surface area contributed by atoms with E-state index in [0.29, 0.717) is 12.1 Å². The first-order valence-corrected chi connectivity index (χ1v) is 8.79. The van der Waals surface area contributed by atoms with Crippen LogP contribution in [-0.2, 0) is 0 Å². The molecule has 0 unspecified atom stereocenters. The lowest BCUT2D eigenvalue weighted by molar-refractivity contribution is -0.255. The van der Waals surface area contributed by atoms with Crippen LogP contribution in [0.2, 0.25) is 0 Å². The number of rotatable bonds is 4. The zero-order valence-corrected chi connectivity index (χ0v) is 14.7. The largest absolute Gasteiger partial charge is 0.545 e. The Morgan fingerprint density at radius 2 is 1.89 bits per heavy atom. The average molecular weight is 360 g/mol. The van der Waals surface area contributed by atoms with Gasteiger partial charge in [0.05, 0.1) is 29.6 Å². The second kappa shape index (κ2) is 7.09. The molecule has 7 nitrogen and oxygen atoms in total. The number of hydrogen-bond acceptors (Lipinski definition) is 6. The lowest BCUT2D eigenvalue weighted by atomic mass is 10.2. The van der Waals surface area contributed by atoms with E-state index in [1.165, 1.54) is 12.1 Å². The zero-order valence-electron chi connectivity index (χ0n) is 14.7. The van der Waals surface area contributed by atoms with Gasteiger partial charge >= 0.3 is 0 Å². The number of benzene rings is 2. The fourth-order valence-corrected chi connectivity index (χ4v) is 3.45. The maximum absolute atomic E-state index is 11.0. The molecule has 4 rings (SSSR count). The quantitative estimate of drug-likeness (QED) is 0.646. The molecule has 0 spiro atoms. The van der Waals surface area contributed by atoms with Crippen LogP contribution in [0.4, 0.5) is 5.69 Å². The van der Waals surface area contributed by atoms with Gasteiger partial charge < -0.3 is 14.8 Å². The smallest absolute Gasteiger partial charge is 0.100 e. The molecule has 0 aliphatic carbocycles. The van der Waals surface area contributed by atoms with Gasteiger partial charge in [0.2, 0.25) is 0 Å². The van der Waals surface area contributed by atoms with Crippen LogP contribution in [0.15, 0.2) is 48.8 Å². The maximum atomic E-state index is 11.0. The summed E-state index contributed by atoms with van der Waals surface area (Å²) in [5.41, 5.74) is 3.67. The molecule has 1 aliphatic rings. The number of nitrogens with zero attached hydrogens (tertiary/aromatic N) is 5. The molecule has 3 aromatic rings. The van der Waals surface area contributed by atoms with E-state index >= 15 is 0 Å². The summed E-state index contributed by atoms with van der Waals surface area (Å²) in [5.74, 6) is -1.20. The van der Waals surface area contributed by atoms with Gasteiger partial charge in [-0.3, -0.25) is 9.47 Å². The molecular formula is C20H18N5O2-. The van der Waals surface area contributed by atoms with Crippen molar-refractivity contribution >= 4 is 22.7 Å². The average Bonchev–Trinajstić information content (AvgIpc) is 3.12.